The predicted molar refractivity (Wildman–Crippen MR) is 69.4 cm³/mol. The van der Waals surface area contributed by atoms with Gasteiger partial charge < -0.3 is 5.73 Å². The molecule has 2 fully saturated rings. The van der Waals surface area contributed by atoms with Crippen molar-refractivity contribution in [3.8, 4) is 0 Å². The third kappa shape index (κ3) is 3.43. The number of nitrogen functional groups attached to an aromatic ring is 1. The minimum Gasteiger partial charge on any atom is -0.384 e. The van der Waals surface area contributed by atoms with Crippen LogP contribution in [0.15, 0.2) is 18.2 Å². The van der Waals surface area contributed by atoms with E-state index in [0.717, 1.165) is 24.1 Å². The Kier molecular flexibility index (Phi) is 3.02. The summed E-state index contributed by atoms with van der Waals surface area (Å²) in [6.07, 6.45) is 5.69. The van der Waals surface area contributed by atoms with Gasteiger partial charge in [0.05, 0.1) is 5.69 Å². The molecule has 0 amide bonds. The van der Waals surface area contributed by atoms with Crippen molar-refractivity contribution in [1.29, 1.82) is 0 Å². The second kappa shape index (κ2) is 4.65. The summed E-state index contributed by atoms with van der Waals surface area (Å²) in [5, 5.41) is 0. The lowest BCUT2D eigenvalue weighted by molar-refractivity contribution is 0.241. The molecule has 2 saturated carbocycles. The van der Waals surface area contributed by atoms with Crippen LogP contribution in [0.5, 0.6) is 0 Å². The highest BCUT2D eigenvalue weighted by Crippen LogP contribution is 2.34. The summed E-state index contributed by atoms with van der Waals surface area (Å²) in [6.45, 7) is 3.48. The number of rotatable bonds is 6. The number of pyridine rings is 1. The minimum atomic E-state index is 0.639. The van der Waals surface area contributed by atoms with Crippen LogP contribution in [0.3, 0.4) is 0 Å². The van der Waals surface area contributed by atoms with E-state index in [1.807, 2.05) is 12.1 Å². The Bertz CT molecular complexity index is 369. The van der Waals surface area contributed by atoms with Crippen LogP contribution in [0, 0.1) is 11.8 Å². The zero-order valence-corrected chi connectivity index (χ0v) is 10.3. The molecule has 0 aromatic carbocycles. The lowest BCUT2D eigenvalue weighted by Crippen LogP contribution is -2.28. The molecule has 1 aromatic heterocycles. The lowest BCUT2D eigenvalue weighted by Gasteiger charge is -2.21. The van der Waals surface area contributed by atoms with Gasteiger partial charge in [-0.3, -0.25) is 4.90 Å². The smallest absolute Gasteiger partial charge is 0.123 e. The van der Waals surface area contributed by atoms with Gasteiger partial charge in [0.1, 0.15) is 5.82 Å². The normalized spacial score (nSPS) is 19.8. The van der Waals surface area contributed by atoms with E-state index in [2.05, 4.69) is 16.0 Å². The van der Waals surface area contributed by atoms with E-state index in [1.165, 1.54) is 38.8 Å². The van der Waals surface area contributed by atoms with Crippen LogP contribution >= 0.6 is 0 Å². The quantitative estimate of drug-likeness (QED) is 0.816. The van der Waals surface area contributed by atoms with E-state index < -0.39 is 0 Å². The summed E-state index contributed by atoms with van der Waals surface area (Å²) >= 11 is 0. The van der Waals surface area contributed by atoms with Gasteiger partial charge in [-0.25, -0.2) is 4.98 Å². The zero-order valence-electron chi connectivity index (χ0n) is 10.3. The second-order valence-electron chi connectivity index (χ2n) is 5.63. The average Bonchev–Trinajstić information content (AvgIpc) is 3.13. The topological polar surface area (TPSA) is 42.1 Å². The zero-order chi connectivity index (χ0) is 11.7. The van der Waals surface area contributed by atoms with Crippen molar-refractivity contribution in [1.82, 2.24) is 9.88 Å². The molecule has 3 rings (SSSR count). The van der Waals surface area contributed by atoms with Gasteiger partial charge in [0.2, 0.25) is 0 Å². The summed E-state index contributed by atoms with van der Waals surface area (Å²) in [6, 6.07) is 5.95. The highest BCUT2D eigenvalue weighted by molar-refractivity contribution is 5.28. The van der Waals surface area contributed by atoms with Crippen molar-refractivity contribution in [2.45, 2.75) is 32.2 Å². The minimum absolute atomic E-state index is 0.639. The van der Waals surface area contributed by atoms with Crippen LogP contribution in [-0.4, -0.2) is 23.0 Å². The van der Waals surface area contributed by atoms with Crippen molar-refractivity contribution in [3.63, 3.8) is 0 Å². The number of hydrogen-bond donors (Lipinski definition) is 1. The molecule has 0 bridgehead atoms. The van der Waals surface area contributed by atoms with Crippen molar-refractivity contribution in [3.05, 3.63) is 23.9 Å². The predicted octanol–water partition coefficient (Wildman–Crippen LogP) is 2.29. The molecule has 1 aromatic rings. The van der Waals surface area contributed by atoms with Crippen LogP contribution in [0.2, 0.25) is 0 Å². The van der Waals surface area contributed by atoms with Gasteiger partial charge in [-0.05, 0) is 49.7 Å². The van der Waals surface area contributed by atoms with E-state index >= 15 is 0 Å². The molecule has 92 valence electrons. The summed E-state index contributed by atoms with van der Waals surface area (Å²) in [5.41, 5.74) is 6.85. The summed E-state index contributed by atoms with van der Waals surface area (Å²) in [7, 11) is 0. The third-order valence-electron chi connectivity index (χ3n) is 3.64. The number of nitrogens with zero attached hydrogens (tertiary/aromatic N) is 2. The van der Waals surface area contributed by atoms with Crippen LogP contribution < -0.4 is 5.73 Å². The number of anilines is 1. The van der Waals surface area contributed by atoms with Crippen molar-refractivity contribution >= 4 is 5.82 Å². The fourth-order valence-electron chi connectivity index (χ4n) is 2.35. The van der Waals surface area contributed by atoms with Crippen molar-refractivity contribution < 1.29 is 0 Å². The molecule has 0 spiro atoms. The first-order valence-corrected chi connectivity index (χ1v) is 6.73. The summed E-state index contributed by atoms with van der Waals surface area (Å²) in [5.74, 6) is 2.55. The molecule has 2 aliphatic carbocycles. The van der Waals surface area contributed by atoms with Crippen molar-refractivity contribution in [2.24, 2.45) is 11.8 Å². The number of hydrogen-bond acceptors (Lipinski definition) is 3. The van der Waals surface area contributed by atoms with Gasteiger partial charge in [0.25, 0.3) is 0 Å². The molecule has 0 radical (unpaired) electrons. The van der Waals surface area contributed by atoms with Gasteiger partial charge in [0.15, 0.2) is 0 Å². The molecule has 0 atom stereocenters. The maximum Gasteiger partial charge on any atom is 0.123 e. The average molecular weight is 231 g/mol. The number of aromatic nitrogens is 1. The highest BCUT2D eigenvalue weighted by atomic mass is 15.1. The Labute approximate surface area is 103 Å². The summed E-state index contributed by atoms with van der Waals surface area (Å²) < 4.78 is 0. The SMILES string of the molecule is Nc1cccc(CN(CC2CC2)CC2CC2)n1. The van der Waals surface area contributed by atoms with E-state index in [0.29, 0.717) is 5.82 Å². The molecular weight excluding hydrogens is 210 g/mol. The van der Waals surface area contributed by atoms with E-state index in [1.54, 1.807) is 0 Å². The molecule has 3 nitrogen and oxygen atoms in total. The largest absolute Gasteiger partial charge is 0.384 e. The molecule has 0 saturated heterocycles. The Morgan fingerprint density at radius 3 is 2.29 bits per heavy atom. The van der Waals surface area contributed by atoms with Gasteiger partial charge in [-0.2, -0.15) is 0 Å². The van der Waals surface area contributed by atoms with E-state index in [9.17, 15) is 0 Å². The molecule has 0 aliphatic heterocycles. The highest BCUT2D eigenvalue weighted by Gasteiger charge is 2.29. The first kappa shape index (κ1) is 11.0. The monoisotopic (exact) mass is 231 g/mol. The first-order valence-electron chi connectivity index (χ1n) is 6.73. The van der Waals surface area contributed by atoms with E-state index in [4.69, 9.17) is 5.73 Å². The standard InChI is InChI=1S/C14H21N3/c15-14-3-1-2-13(16-14)10-17(8-11-4-5-11)9-12-6-7-12/h1-3,11-12H,4-10H2,(H2,15,16). The summed E-state index contributed by atoms with van der Waals surface area (Å²) in [4.78, 5) is 6.98. The fraction of sp³-hybridized carbons (Fsp3) is 0.643. The van der Waals surface area contributed by atoms with Gasteiger partial charge in [-0.15, -0.1) is 0 Å². The third-order valence-corrected chi connectivity index (χ3v) is 3.64. The molecule has 2 aliphatic rings. The Balaban J connectivity index is 1.60. The molecule has 3 heteroatoms. The molecular formula is C14H21N3. The van der Waals surface area contributed by atoms with Gasteiger partial charge in [0, 0.05) is 19.6 Å². The molecule has 2 N–H and O–H groups in total. The maximum absolute atomic E-state index is 5.73. The lowest BCUT2D eigenvalue weighted by atomic mass is 10.2. The Hall–Kier alpha value is -1.09. The first-order chi connectivity index (χ1) is 8.29. The molecule has 0 unspecified atom stereocenters. The van der Waals surface area contributed by atoms with E-state index in [-0.39, 0.29) is 0 Å². The van der Waals surface area contributed by atoms with Crippen LogP contribution in [-0.2, 0) is 6.54 Å². The maximum atomic E-state index is 5.73. The van der Waals surface area contributed by atoms with Crippen LogP contribution in [0.1, 0.15) is 31.4 Å². The molecule has 1 heterocycles. The fourth-order valence-corrected chi connectivity index (χ4v) is 2.35. The van der Waals surface area contributed by atoms with Crippen molar-refractivity contribution in [2.75, 3.05) is 18.8 Å². The Morgan fingerprint density at radius 2 is 1.76 bits per heavy atom. The van der Waals surface area contributed by atoms with Gasteiger partial charge in [-0.1, -0.05) is 6.07 Å². The van der Waals surface area contributed by atoms with Gasteiger partial charge >= 0.3 is 0 Å². The molecule has 17 heavy (non-hydrogen) atoms. The second-order valence-corrected chi connectivity index (χ2v) is 5.63. The number of nitrogens with two attached hydrogens (primary N) is 1. The van der Waals surface area contributed by atoms with Crippen LogP contribution in [0.4, 0.5) is 5.82 Å². The Morgan fingerprint density at radius 1 is 1.12 bits per heavy atom. The van der Waals surface area contributed by atoms with Crippen LogP contribution in [0.25, 0.3) is 0 Å².